The molecule has 1 atom stereocenters. The van der Waals surface area contributed by atoms with Crippen LogP contribution in [0.2, 0.25) is 5.02 Å². The minimum atomic E-state index is -0.151. The van der Waals surface area contributed by atoms with Crippen LogP contribution in [0.5, 0.6) is 5.88 Å². The maximum Gasteiger partial charge on any atom is 0.272 e. The number of carbonyl (C=O) groups excluding carboxylic acids is 1. The number of ether oxygens (including phenoxy) is 1. The van der Waals surface area contributed by atoms with E-state index in [2.05, 4.69) is 27.8 Å². The largest absolute Gasteiger partial charge is 0.480 e. The van der Waals surface area contributed by atoms with Crippen molar-refractivity contribution in [2.45, 2.75) is 26.3 Å². The first-order valence-corrected chi connectivity index (χ1v) is 8.79. The highest BCUT2D eigenvalue weighted by Crippen LogP contribution is 2.29. The molecule has 1 amide bonds. The summed E-state index contributed by atoms with van der Waals surface area (Å²) in [6, 6.07) is 9.15. The molecule has 0 aliphatic carbocycles. The van der Waals surface area contributed by atoms with Gasteiger partial charge < -0.3 is 9.64 Å². The van der Waals surface area contributed by atoms with E-state index in [1.807, 2.05) is 25.1 Å². The number of nitrogens with zero attached hydrogens (tertiary/aromatic N) is 2. The smallest absolute Gasteiger partial charge is 0.272 e. The highest BCUT2D eigenvalue weighted by molar-refractivity contribution is 9.10. The van der Waals surface area contributed by atoms with Crippen molar-refractivity contribution >= 4 is 33.4 Å². The molecule has 1 unspecified atom stereocenters. The predicted molar refractivity (Wildman–Crippen MR) is 99.8 cm³/mol. The molecule has 0 fully saturated rings. The van der Waals surface area contributed by atoms with Crippen molar-refractivity contribution in [2.75, 3.05) is 14.2 Å². The van der Waals surface area contributed by atoms with E-state index in [0.717, 1.165) is 17.5 Å². The third-order valence-corrected chi connectivity index (χ3v) is 4.83. The lowest BCUT2D eigenvalue weighted by atomic mass is 9.98. The molecule has 1 aromatic heterocycles. The summed E-state index contributed by atoms with van der Waals surface area (Å²) < 4.78 is 5.89. The number of pyridine rings is 1. The van der Waals surface area contributed by atoms with Gasteiger partial charge >= 0.3 is 0 Å². The van der Waals surface area contributed by atoms with Gasteiger partial charge in [-0.1, -0.05) is 24.6 Å². The van der Waals surface area contributed by atoms with Crippen LogP contribution < -0.4 is 4.74 Å². The molecule has 24 heavy (non-hydrogen) atoms. The Balaban J connectivity index is 2.34. The molecular formula is C18H20BrClN2O2. The van der Waals surface area contributed by atoms with Gasteiger partial charge in [0.25, 0.3) is 5.91 Å². The number of halogens is 2. The lowest BCUT2D eigenvalue weighted by Crippen LogP contribution is -2.32. The van der Waals surface area contributed by atoms with Gasteiger partial charge in [-0.25, -0.2) is 4.98 Å². The van der Waals surface area contributed by atoms with Crippen molar-refractivity contribution in [2.24, 2.45) is 0 Å². The normalized spacial score (nSPS) is 11.9. The van der Waals surface area contributed by atoms with E-state index < -0.39 is 0 Å². The number of rotatable bonds is 5. The molecule has 6 heteroatoms. The Bertz CT molecular complexity index is 752. The zero-order valence-corrected chi connectivity index (χ0v) is 16.5. The van der Waals surface area contributed by atoms with Gasteiger partial charge in [0.05, 0.1) is 17.6 Å². The number of amides is 1. The second-order valence-corrected chi connectivity index (χ2v) is 6.82. The molecule has 0 aliphatic rings. The molecule has 4 nitrogen and oxygen atoms in total. The number of benzene rings is 1. The standard InChI is InChI=1S/C18H20BrClN2O2/c1-5-16(13-7-6-12(20)10-11(13)2)22(3)18(23)15-9-8-14(19)17(21-15)24-4/h6-10,16H,5H2,1-4H3. The van der Waals surface area contributed by atoms with Crippen LogP contribution >= 0.6 is 27.5 Å². The molecule has 1 heterocycles. The number of carbonyl (C=O) groups is 1. The first-order chi connectivity index (χ1) is 11.4. The number of methoxy groups -OCH3 is 1. The van der Waals surface area contributed by atoms with Crippen LogP contribution in [0.25, 0.3) is 0 Å². The minimum Gasteiger partial charge on any atom is -0.480 e. The second-order valence-electron chi connectivity index (χ2n) is 5.53. The van der Waals surface area contributed by atoms with Gasteiger partial charge in [0.1, 0.15) is 5.69 Å². The Kier molecular flexibility index (Phi) is 6.24. The Morgan fingerprint density at radius 1 is 1.38 bits per heavy atom. The quantitative estimate of drug-likeness (QED) is 0.692. The molecule has 0 saturated heterocycles. The van der Waals surface area contributed by atoms with Crippen LogP contribution in [0.4, 0.5) is 0 Å². The average molecular weight is 412 g/mol. The Labute approximate surface area is 155 Å². The number of aryl methyl sites for hydroxylation is 1. The summed E-state index contributed by atoms with van der Waals surface area (Å²) in [7, 11) is 3.32. The van der Waals surface area contributed by atoms with Gasteiger partial charge in [0, 0.05) is 12.1 Å². The minimum absolute atomic E-state index is 0.0498. The van der Waals surface area contributed by atoms with Gasteiger partial charge in [-0.15, -0.1) is 0 Å². The van der Waals surface area contributed by atoms with Crippen molar-refractivity contribution in [3.63, 3.8) is 0 Å². The summed E-state index contributed by atoms with van der Waals surface area (Å²) in [5.41, 5.74) is 2.50. The van der Waals surface area contributed by atoms with Gasteiger partial charge in [0.2, 0.25) is 5.88 Å². The Hall–Kier alpha value is -1.59. The molecule has 1 aromatic carbocycles. The Morgan fingerprint density at radius 2 is 2.08 bits per heavy atom. The summed E-state index contributed by atoms with van der Waals surface area (Å²) >= 11 is 9.39. The zero-order valence-electron chi connectivity index (χ0n) is 14.1. The van der Waals surface area contributed by atoms with Gasteiger partial charge in [0.15, 0.2) is 0 Å². The highest BCUT2D eigenvalue weighted by atomic mass is 79.9. The van der Waals surface area contributed by atoms with E-state index in [-0.39, 0.29) is 11.9 Å². The van der Waals surface area contributed by atoms with Crippen LogP contribution in [0, 0.1) is 6.92 Å². The monoisotopic (exact) mass is 410 g/mol. The maximum absolute atomic E-state index is 12.8. The molecule has 0 spiro atoms. The van der Waals surface area contributed by atoms with E-state index in [1.54, 1.807) is 24.1 Å². The Morgan fingerprint density at radius 3 is 2.67 bits per heavy atom. The number of hydrogen-bond donors (Lipinski definition) is 0. The zero-order chi connectivity index (χ0) is 17.9. The topological polar surface area (TPSA) is 42.4 Å². The molecule has 0 saturated carbocycles. The fraction of sp³-hybridized carbons (Fsp3) is 0.333. The summed E-state index contributed by atoms with van der Waals surface area (Å²) in [5, 5.41) is 0.694. The van der Waals surface area contributed by atoms with Crippen molar-refractivity contribution in [3.8, 4) is 5.88 Å². The third kappa shape index (κ3) is 3.90. The summed E-state index contributed by atoms with van der Waals surface area (Å²) in [4.78, 5) is 18.8. The molecule has 0 bridgehead atoms. The predicted octanol–water partition coefficient (Wildman–Crippen LogP) is 5.04. The fourth-order valence-electron chi connectivity index (χ4n) is 2.72. The van der Waals surface area contributed by atoms with Crippen molar-refractivity contribution < 1.29 is 9.53 Å². The van der Waals surface area contributed by atoms with E-state index in [1.165, 1.54) is 7.11 Å². The first-order valence-electron chi connectivity index (χ1n) is 7.62. The SMILES string of the molecule is CCC(c1ccc(Cl)cc1C)N(C)C(=O)c1ccc(Br)c(OC)n1. The van der Waals surface area contributed by atoms with E-state index >= 15 is 0 Å². The van der Waals surface area contributed by atoms with E-state index in [9.17, 15) is 4.79 Å². The van der Waals surface area contributed by atoms with Gasteiger partial charge in [-0.3, -0.25) is 4.79 Å². The van der Waals surface area contributed by atoms with Crippen molar-refractivity contribution in [1.29, 1.82) is 0 Å². The molecule has 0 aliphatic heterocycles. The summed E-state index contributed by atoms with van der Waals surface area (Å²) in [5.74, 6) is 0.243. The maximum atomic E-state index is 12.8. The number of hydrogen-bond acceptors (Lipinski definition) is 3. The van der Waals surface area contributed by atoms with E-state index in [0.29, 0.717) is 21.1 Å². The number of aromatic nitrogens is 1. The van der Waals surface area contributed by atoms with Crippen LogP contribution in [0.1, 0.15) is 41.0 Å². The summed E-state index contributed by atoms with van der Waals surface area (Å²) in [6.45, 7) is 4.06. The molecule has 2 rings (SSSR count). The highest BCUT2D eigenvalue weighted by Gasteiger charge is 2.24. The molecule has 2 aromatic rings. The molecule has 128 valence electrons. The van der Waals surface area contributed by atoms with Crippen LogP contribution in [0.3, 0.4) is 0 Å². The van der Waals surface area contributed by atoms with Crippen molar-refractivity contribution in [3.05, 3.63) is 56.6 Å². The lowest BCUT2D eigenvalue weighted by molar-refractivity contribution is 0.0719. The third-order valence-electron chi connectivity index (χ3n) is 3.99. The molecule has 0 radical (unpaired) electrons. The fourth-order valence-corrected chi connectivity index (χ4v) is 3.33. The van der Waals surface area contributed by atoms with Crippen molar-refractivity contribution in [1.82, 2.24) is 9.88 Å². The molecule has 0 N–H and O–H groups in total. The summed E-state index contributed by atoms with van der Waals surface area (Å²) in [6.07, 6.45) is 0.790. The van der Waals surface area contributed by atoms with Crippen LogP contribution in [0.15, 0.2) is 34.8 Å². The molecular weight excluding hydrogens is 392 g/mol. The van der Waals surface area contributed by atoms with Crippen LogP contribution in [-0.2, 0) is 0 Å². The second kappa shape index (κ2) is 7.99. The lowest BCUT2D eigenvalue weighted by Gasteiger charge is -2.29. The van der Waals surface area contributed by atoms with Crippen LogP contribution in [-0.4, -0.2) is 29.9 Å². The van der Waals surface area contributed by atoms with E-state index in [4.69, 9.17) is 16.3 Å². The van der Waals surface area contributed by atoms with Gasteiger partial charge in [-0.05, 0) is 64.7 Å². The first kappa shape index (κ1) is 18.7. The average Bonchev–Trinajstić information content (AvgIpc) is 2.57. The van der Waals surface area contributed by atoms with Gasteiger partial charge in [-0.2, -0.15) is 0 Å².